The zero-order chi connectivity index (χ0) is 19.1. The van der Waals surface area contributed by atoms with Gasteiger partial charge in [-0.3, -0.25) is 9.59 Å². The van der Waals surface area contributed by atoms with Gasteiger partial charge in [-0.25, -0.2) is 4.68 Å². The van der Waals surface area contributed by atoms with Crippen LogP contribution in [0, 0.1) is 12.8 Å². The first-order valence-electron chi connectivity index (χ1n) is 8.87. The highest BCUT2D eigenvalue weighted by molar-refractivity contribution is 7.18. The van der Waals surface area contributed by atoms with Gasteiger partial charge in [0.1, 0.15) is 6.54 Å². The average Bonchev–Trinajstić information content (AvgIpc) is 2.99. The summed E-state index contributed by atoms with van der Waals surface area (Å²) in [5.74, 6) is 0.279. The molecule has 1 aliphatic rings. The molecule has 0 saturated heterocycles. The van der Waals surface area contributed by atoms with Gasteiger partial charge in [-0.05, 0) is 55.4 Å². The zero-order valence-corrected chi connectivity index (χ0v) is 16.7. The molecule has 140 valence electrons. The number of amides is 1. The molecule has 0 aliphatic heterocycles. The molecule has 1 N–H and O–H groups in total. The summed E-state index contributed by atoms with van der Waals surface area (Å²) in [5, 5.41) is 12.2. The Bertz CT molecular complexity index is 1110. The Hall–Kier alpha value is -2.25. The quantitative estimate of drug-likeness (QED) is 0.726. The van der Waals surface area contributed by atoms with Crippen molar-refractivity contribution < 1.29 is 4.79 Å². The Morgan fingerprint density at radius 2 is 2.26 bits per heavy atom. The van der Waals surface area contributed by atoms with Crippen LogP contribution in [0.25, 0.3) is 10.2 Å². The second-order valence-electron chi connectivity index (χ2n) is 7.04. The summed E-state index contributed by atoms with van der Waals surface area (Å²) < 4.78 is 1.14. The summed E-state index contributed by atoms with van der Waals surface area (Å²) in [5.41, 5.74) is 2.25. The van der Waals surface area contributed by atoms with E-state index in [9.17, 15) is 9.59 Å². The number of thiophene rings is 1. The lowest BCUT2D eigenvalue weighted by Crippen LogP contribution is -2.30. The first kappa shape index (κ1) is 18.1. The third kappa shape index (κ3) is 3.37. The summed E-state index contributed by atoms with van der Waals surface area (Å²) in [6.45, 7) is 3.86. The van der Waals surface area contributed by atoms with E-state index in [1.165, 1.54) is 4.88 Å². The number of halogens is 1. The highest BCUT2D eigenvalue weighted by Gasteiger charge is 2.24. The molecule has 0 fully saturated rings. The van der Waals surface area contributed by atoms with Gasteiger partial charge in [-0.2, -0.15) is 0 Å². The van der Waals surface area contributed by atoms with Crippen LogP contribution in [0.15, 0.2) is 23.0 Å². The first-order valence-corrected chi connectivity index (χ1v) is 10.1. The van der Waals surface area contributed by atoms with Gasteiger partial charge in [0.25, 0.3) is 5.56 Å². The van der Waals surface area contributed by atoms with Crippen LogP contribution < -0.4 is 10.9 Å². The molecule has 27 heavy (non-hydrogen) atoms. The van der Waals surface area contributed by atoms with Crippen molar-refractivity contribution in [1.29, 1.82) is 0 Å². The van der Waals surface area contributed by atoms with Crippen LogP contribution >= 0.6 is 22.9 Å². The van der Waals surface area contributed by atoms with Crippen LogP contribution in [0.5, 0.6) is 0 Å². The predicted molar refractivity (Wildman–Crippen MR) is 108 cm³/mol. The van der Waals surface area contributed by atoms with Crippen molar-refractivity contribution in [3.8, 4) is 0 Å². The molecule has 1 amide bonds. The Morgan fingerprint density at radius 1 is 1.44 bits per heavy atom. The second-order valence-corrected chi connectivity index (χ2v) is 8.54. The SMILES string of the molecule is Cc1c(Cl)cccc1NC(=O)Cn1nnc2sc3c(c2c1=O)CC[C@H](C)C3. The number of hydrogen-bond donors (Lipinski definition) is 1. The number of benzene rings is 1. The van der Waals surface area contributed by atoms with Gasteiger partial charge in [0.2, 0.25) is 5.91 Å². The number of nitrogens with one attached hydrogen (secondary N) is 1. The number of fused-ring (bicyclic) bond motifs is 3. The lowest BCUT2D eigenvalue weighted by atomic mass is 9.89. The molecule has 0 unspecified atom stereocenters. The van der Waals surface area contributed by atoms with Gasteiger partial charge in [-0.1, -0.05) is 29.8 Å². The van der Waals surface area contributed by atoms with Crippen molar-refractivity contribution in [1.82, 2.24) is 15.0 Å². The van der Waals surface area contributed by atoms with Gasteiger partial charge >= 0.3 is 0 Å². The maximum atomic E-state index is 12.9. The lowest BCUT2D eigenvalue weighted by molar-refractivity contribution is -0.117. The molecular formula is C19H19ClN4O2S. The van der Waals surface area contributed by atoms with Crippen molar-refractivity contribution >= 4 is 44.7 Å². The lowest BCUT2D eigenvalue weighted by Gasteiger charge is -2.17. The number of nitrogens with zero attached hydrogens (tertiary/aromatic N) is 3. The van der Waals surface area contributed by atoms with E-state index in [0.29, 0.717) is 26.8 Å². The molecule has 6 nitrogen and oxygen atoms in total. The number of aromatic nitrogens is 3. The highest BCUT2D eigenvalue weighted by atomic mass is 35.5. The Balaban J connectivity index is 1.62. The normalized spacial score (nSPS) is 16.3. The number of aryl methyl sites for hydroxylation is 1. The smallest absolute Gasteiger partial charge is 0.279 e. The molecular weight excluding hydrogens is 384 g/mol. The fraction of sp³-hybridized carbons (Fsp3) is 0.368. The monoisotopic (exact) mass is 402 g/mol. The van der Waals surface area contributed by atoms with Crippen molar-refractivity contribution in [2.75, 3.05) is 5.32 Å². The molecule has 0 bridgehead atoms. The Kier molecular flexibility index (Phi) is 4.74. The second kappa shape index (κ2) is 7.05. The zero-order valence-electron chi connectivity index (χ0n) is 15.1. The van der Waals surface area contributed by atoms with Crippen molar-refractivity contribution in [2.45, 2.75) is 39.7 Å². The average molecular weight is 403 g/mol. The Labute approximate surface area is 165 Å². The van der Waals surface area contributed by atoms with Crippen molar-refractivity contribution in [3.63, 3.8) is 0 Å². The van der Waals surface area contributed by atoms with E-state index < -0.39 is 0 Å². The third-order valence-electron chi connectivity index (χ3n) is 5.02. The molecule has 0 spiro atoms. The fourth-order valence-corrected chi connectivity index (χ4v) is 4.96. The summed E-state index contributed by atoms with van der Waals surface area (Å²) in [7, 11) is 0. The molecule has 1 atom stereocenters. The molecule has 1 aromatic carbocycles. The van der Waals surface area contributed by atoms with E-state index in [4.69, 9.17) is 11.6 Å². The third-order valence-corrected chi connectivity index (χ3v) is 6.57. The first-order chi connectivity index (χ1) is 12.9. The molecule has 4 rings (SSSR count). The topological polar surface area (TPSA) is 76.9 Å². The standard InChI is InChI=1S/C19H19ClN4O2S/c1-10-6-7-12-15(8-10)27-18-17(12)19(26)24(23-22-18)9-16(25)21-14-5-3-4-13(20)11(14)2/h3-5,10H,6-9H2,1-2H3,(H,21,25)/t10-/m0/s1. The molecule has 8 heteroatoms. The molecule has 3 aromatic rings. The molecule has 0 saturated carbocycles. The predicted octanol–water partition coefficient (Wildman–Crippen LogP) is 3.58. The number of carbonyl (C=O) groups excluding carboxylic acids is 1. The minimum absolute atomic E-state index is 0.186. The highest BCUT2D eigenvalue weighted by Crippen LogP contribution is 2.35. The molecule has 2 heterocycles. The van der Waals surface area contributed by atoms with E-state index in [0.717, 1.165) is 35.1 Å². The number of rotatable bonds is 3. The van der Waals surface area contributed by atoms with E-state index in [1.807, 2.05) is 6.92 Å². The van der Waals surface area contributed by atoms with Gasteiger partial charge in [0, 0.05) is 15.6 Å². The van der Waals surface area contributed by atoms with E-state index in [-0.39, 0.29) is 18.0 Å². The van der Waals surface area contributed by atoms with Gasteiger partial charge in [-0.15, -0.1) is 16.4 Å². The molecule has 1 aliphatic carbocycles. The fourth-order valence-electron chi connectivity index (χ4n) is 3.46. The summed E-state index contributed by atoms with van der Waals surface area (Å²) in [6.07, 6.45) is 2.92. The van der Waals surface area contributed by atoms with Crippen LogP contribution in [0.4, 0.5) is 5.69 Å². The van der Waals surface area contributed by atoms with Gasteiger partial charge in [0.05, 0.1) is 5.39 Å². The summed E-state index contributed by atoms with van der Waals surface area (Å²) in [6, 6.07) is 5.30. The maximum Gasteiger partial charge on any atom is 0.279 e. The minimum Gasteiger partial charge on any atom is -0.324 e. The van der Waals surface area contributed by atoms with Gasteiger partial charge < -0.3 is 5.32 Å². The van der Waals surface area contributed by atoms with Crippen LogP contribution in [0.2, 0.25) is 5.02 Å². The number of anilines is 1. The molecule has 2 aromatic heterocycles. The molecule has 0 radical (unpaired) electrons. The summed E-state index contributed by atoms with van der Waals surface area (Å²) in [4.78, 5) is 27.2. The van der Waals surface area contributed by atoms with Gasteiger partial charge in [0.15, 0.2) is 4.83 Å². The summed E-state index contributed by atoms with van der Waals surface area (Å²) >= 11 is 7.63. The van der Waals surface area contributed by atoms with E-state index in [1.54, 1.807) is 29.5 Å². The van der Waals surface area contributed by atoms with Crippen LogP contribution in [-0.2, 0) is 24.2 Å². The van der Waals surface area contributed by atoms with Crippen molar-refractivity contribution in [3.05, 3.63) is 49.6 Å². The minimum atomic E-state index is -0.339. The van der Waals surface area contributed by atoms with Crippen molar-refractivity contribution in [2.24, 2.45) is 5.92 Å². The van der Waals surface area contributed by atoms with Crippen LogP contribution in [0.1, 0.15) is 29.3 Å². The largest absolute Gasteiger partial charge is 0.324 e. The Morgan fingerprint density at radius 3 is 3.07 bits per heavy atom. The van der Waals surface area contributed by atoms with Crippen LogP contribution in [0.3, 0.4) is 0 Å². The number of hydrogen-bond acceptors (Lipinski definition) is 5. The number of carbonyl (C=O) groups is 1. The van der Waals surface area contributed by atoms with Crippen LogP contribution in [-0.4, -0.2) is 20.9 Å². The van der Waals surface area contributed by atoms with E-state index >= 15 is 0 Å². The maximum absolute atomic E-state index is 12.9. The van der Waals surface area contributed by atoms with E-state index in [2.05, 4.69) is 22.6 Å².